The Morgan fingerprint density at radius 2 is 1.48 bits per heavy atom. The van der Waals surface area contributed by atoms with Crippen molar-refractivity contribution in [2.24, 2.45) is 0 Å². The lowest BCUT2D eigenvalue weighted by Crippen LogP contribution is -2.24. The van der Waals surface area contributed by atoms with Gasteiger partial charge in [-0.05, 0) is 36.8 Å². The number of fused-ring (bicyclic) bond motifs is 1. The zero-order valence-corrected chi connectivity index (χ0v) is 16.1. The van der Waals surface area contributed by atoms with E-state index in [1.54, 1.807) is 0 Å². The van der Waals surface area contributed by atoms with Gasteiger partial charge in [0, 0.05) is 18.4 Å². The second kappa shape index (κ2) is 8.02. The summed E-state index contributed by atoms with van der Waals surface area (Å²) in [5.74, 6) is 0.144. The van der Waals surface area contributed by atoms with E-state index in [2.05, 4.69) is 10.6 Å². The summed E-state index contributed by atoms with van der Waals surface area (Å²) in [5.41, 5.74) is 3.28. The number of carbonyl (C=O) groups is 2. The predicted molar refractivity (Wildman–Crippen MR) is 115 cm³/mol. The summed E-state index contributed by atoms with van der Waals surface area (Å²) >= 11 is 0. The third-order valence-corrected chi connectivity index (χ3v) is 4.76. The van der Waals surface area contributed by atoms with Crippen LogP contribution in [-0.4, -0.2) is 16.1 Å². The highest BCUT2D eigenvalue weighted by Crippen LogP contribution is 2.31. The molecule has 0 saturated heterocycles. The van der Waals surface area contributed by atoms with Crippen LogP contribution in [0.1, 0.15) is 33.2 Å². The van der Waals surface area contributed by atoms with E-state index in [0.717, 1.165) is 11.3 Å². The summed E-state index contributed by atoms with van der Waals surface area (Å²) in [6.45, 7) is 1.88. The molecule has 0 unspecified atom stereocenters. The van der Waals surface area contributed by atoms with E-state index in [1.807, 2.05) is 89.5 Å². The lowest BCUT2D eigenvalue weighted by molar-refractivity contribution is 0.0939. The standard InChI is InChI=1S/C24H21N3O2/c1-17(28)21-22(24(29)25-16-18-10-4-2-5-11-18)20-14-8-9-15-27(20)23(21)26-19-12-6-3-7-13-19/h2-15,26H,16H2,1H3,(H,25,29). The molecule has 0 saturated carbocycles. The number of hydrogen-bond acceptors (Lipinski definition) is 3. The summed E-state index contributed by atoms with van der Waals surface area (Å²) in [7, 11) is 0. The number of nitrogens with one attached hydrogen (secondary N) is 2. The van der Waals surface area contributed by atoms with Crippen molar-refractivity contribution in [1.29, 1.82) is 0 Å². The molecular formula is C24H21N3O2. The summed E-state index contributed by atoms with van der Waals surface area (Å²) < 4.78 is 1.85. The first-order valence-electron chi connectivity index (χ1n) is 9.43. The molecule has 0 aliphatic carbocycles. The summed E-state index contributed by atoms with van der Waals surface area (Å²) in [5, 5.41) is 6.26. The van der Waals surface area contributed by atoms with Crippen molar-refractivity contribution >= 4 is 28.7 Å². The van der Waals surface area contributed by atoms with Crippen LogP contribution in [0, 0.1) is 0 Å². The molecule has 2 N–H and O–H groups in total. The lowest BCUT2D eigenvalue weighted by atomic mass is 10.1. The van der Waals surface area contributed by atoms with Crippen LogP contribution in [0.2, 0.25) is 0 Å². The second-order valence-corrected chi connectivity index (χ2v) is 6.77. The number of amides is 1. The van der Waals surface area contributed by atoms with Gasteiger partial charge < -0.3 is 15.0 Å². The molecule has 2 heterocycles. The molecular weight excluding hydrogens is 362 g/mol. The van der Waals surface area contributed by atoms with Gasteiger partial charge >= 0.3 is 0 Å². The first kappa shape index (κ1) is 18.5. The van der Waals surface area contributed by atoms with E-state index in [0.29, 0.717) is 29.0 Å². The Bertz CT molecular complexity index is 1160. The van der Waals surface area contributed by atoms with Crippen LogP contribution in [-0.2, 0) is 6.54 Å². The fourth-order valence-electron chi connectivity index (χ4n) is 3.43. The summed E-state index contributed by atoms with van der Waals surface area (Å²) in [6.07, 6.45) is 1.85. The van der Waals surface area contributed by atoms with Gasteiger partial charge in [-0.1, -0.05) is 54.6 Å². The Morgan fingerprint density at radius 1 is 0.828 bits per heavy atom. The SMILES string of the molecule is CC(=O)c1c(C(=O)NCc2ccccc2)c2ccccn2c1Nc1ccccc1. The van der Waals surface area contributed by atoms with E-state index >= 15 is 0 Å². The highest BCUT2D eigenvalue weighted by atomic mass is 16.2. The zero-order valence-electron chi connectivity index (χ0n) is 16.1. The van der Waals surface area contributed by atoms with Gasteiger partial charge in [0.15, 0.2) is 5.78 Å². The molecule has 0 aliphatic heterocycles. The molecule has 1 amide bonds. The molecule has 5 heteroatoms. The Hall–Kier alpha value is -3.86. The minimum Gasteiger partial charge on any atom is -0.348 e. The maximum atomic E-state index is 13.1. The third kappa shape index (κ3) is 3.75. The number of carbonyl (C=O) groups excluding carboxylic acids is 2. The quantitative estimate of drug-likeness (QED) is 0.470. The second-order valence-electron chi connectivity index (χ2n) is 6.77. The molecule has 144 valence electrons. The van der Waals surface area contributed by atoms with Crippen LogP contribution in [0.15, 0.2) is 85.1 Å². The molecule has 0 atom stereocenters. The first-order valence-corrected chi connectivity index (χ1v) is 9.43. The number of nitrogens with zero attached hydrogens (tertiary/aromatic N) is 1. The normalized spacial score (nSPS) is 10.7. The van der Waals surface area contributed by atoms with Gasteiger partial charge in [-0.15, -0.1) is 0 Å². The summed E-state index contributed by atoms with van der Waals surface area (Å²) in [6, 6.07) is 24.9. The van der Waals surface area contributed by atoms with E-state index in [-0.39, 0.29) is 11.7 Å². The van der Waals surface area contributed by atoms with E-state index in [9.17, 15) is 9.59 Å². The monoisotopic (exact) mass is 383 g/mol. The molecule has 0 aliphatic rings. The maximum absolute atomic E-state index is 13.1. The molecule has 0 bridgehead atoms. The highest BCUT2D eigenvalue weighted by Gasteiger charge is 2.26. The van der Waals surface area contributed by atoms with Crippen LogP contribution in [0.4, 0.5) is 11.5 Å². The Morgan fingerprint density at radius 3 is 2.17 bits per heavy atom. The molecule has 29 heavy (non-hydrogen) atoms. The molecule has 0 radical (unpaired) electrons. The van der Waals surface area contributed by atoms with Gasteiger partial charge in [0.05, 0.1) is 16.6 Å². The van der Waals surface area contributed by atoms with Gasteiger partial charge in [-0.2, -0.15) is 0 Å². The zero-order chi connectivity index (χ0) is 20.2. The van der Waals surface area contributed by atoms with Crippen LogP contribution < -0.4 is 10.6 Å². The van der Waals surface area contributed by atoms with Crippen LogP contribution in [0.25, 0.3) is 5.52 Å². The lowest BCUT2D eigenvalue weighted by Gasteiger charge is -2.09. The molecule has 5 nitrogen and oxygen atoms in total. The van der Waals surface area contributed by atoms with Crippen molar-refractivity contribution in [2.75, 3.05) is 5.32 Å². The molecule has 0 fully saturated rings. The highest BCUT2D eigenvalue weighted by molar-refractivity contribution is 6.15. The minimum absolute atomic E-state index is 0.169. The number of anilines is 2. The maximum Gasteiger partial charge on any atom is 0.254 e. The number of para-hydroxylation sites is 1. The van der Waals surface area contributed by atoms with Crippen LogP contribution >= 0.6 is 0 Å². The number of hydrogen-bond donors (Lipinski definition) is 2. The molecule has 4 rings (SSSR count). The van der Waals surface area contributed by atoms with Crippen molar-refractivity contribution < 1.29 is 9.59 Å². The number of ketones is 1. The number of Topliss-reactive ketones (excluding diaryl/α,β-unsaturated/α-hetero) is 1. The molecule has 2 aromatic heterocycles. The number of pyridine rings is 1. The average Bonchev–Trinajstić information content (AvgIpc) is 3.08. The van der Waals surface area contributed by atoms with Gasteiger partial charge in [0.2, 0.25) is 0 Å². The number of aromatic nitrogens is 1. The Kier molecular flexibility index (Phi) is 5.12. The van der Waals surface area contributed by atoms with Crippen molar-refractivity contribution in [3.05, 3.63) is 102 Å². The Labute approximate surface area is 169 Å². The topological polar surface area (TPSA) is 62.6 Å². The van der Waals surface area contributed by atoms with Crippen LogP contribution in [0.3, 0.4) is 0 Å². The third-order valence-electron chi connectivity index (χ3n) is 4.76. The predicted octanol–water partition coefficient (Wildman–Crippen LogP) is 4.82. The van der Waals surface area contributed by atoms with Crippen molar-refractivity contribution in [3.8, 4) is 0 Å². The number of rotatable bonds is 6. The minimum atomic E-state index is -0.274. The van der Waals surface area contributed by atoms with Crippen molar-refractivity contribution in [1.82, 2.24) is 9.72 Å². The Balaban J connectivity index is 1.77. The fourth-order valence-corrected chi connectivity index (χ4v) is 3.43. The van der Waals surface area contributed by atoms with Gasteiger partial charge in [0.25, 0.3) is 5.91 Å². The molecule has 2 aromatic carbocycles. The van der Waals surface area contributed by atoms with Gasteiger partial charge in [-0.3, -0.25) is 9.59 Å². The molecule has 4 aromatic rings. The van der Waals surface area contributed by atoms with Gasteiger partial charge in [0.1, 0.15) is 5.82 Å². The van der Waals surface area contributed by atoms with Crippen LogP contribution in [0.5, 0.6) is 0 Å². The van der Waals surface area contributed by atoms with E-state index < -0.39 is 0 Å². The van der Waals surface area contributed by atoms with Crippen molar-refractivity contribution in [2.45, 2.75) is 13.5 Å². The van der Waals surface area contributed by atoms with E-state index in [4.69, 9.17) is 0 Å². The van der Waals surface area contributed by atoms with E-state index in [1.165, 1.54) is 6.92 Å². The fraction of sp³-hybridized carbons (Fsp3) is 0.0833. The first-order chi connectivity index (χ1) is 14.1. The van der Waals surface area contributed by atoms with Gasteiger partial charge in [-0.25, -0.2) is 0 Å². The smallest absolute Gasteiger partial charge is 0.254 e. The summed E-state index contributed by atoms with van der Waals surface area (Å²) in [4.78, 5) is 25.7. The van der Waals surface area contributed by atoms with Crippen molar-refractivity contribution in [3.63, 3.8) is 0 Å². The average molecular weight is 383 g/mol. The number of benzene rings is 2. The largest absolute Gasteiger partial charge is 0.348 e. The molecule has 0 spiro atoms.